The van der Waals surface area contributed by atoms with Crippen LogP contribution >= 0.6 is 0 Å². The molecule has 0 aliphatic carbocycles. The molecule has 1 aliphatic heterocycles. The average Bonchev–Trinajstić information content (AvgIpc) is 2.53. The highest BCUT2D eigenvalue weighted by Gasteiger charge is 2.17. The summed E-state index contributed by atoms with van der Waals surface area (Å²) in [6, 6.07) is 15.8. The molecule has 3 rings (SSSR count). The minimum absolute atomic E-state index is 0.515. The zero-order valence-corrected chi connectivity index (χ0v) is 11.4. The molecule has 0 spiro atoms. The molecule has 106 valence electrons. The molecule has 4 heteroatoms. The Labute approximate surface area is 122 Å². The molecule has 4 nitrogen and oxygen atoms in total. The van der Waals surface area contributed by atoms with Crippen LogP contribution in [0, 0.1) is 0 Å². The number of aliphatic carboxylic acids is 1. The van der Waals surface area contributed by atoms with Gasteiger partial charge in [-0.05, 0) is 35.9 Å². The minimum atomic E-state index is -0.949. The number of anilines is 1. The van der Waals surface area contributed by atoms with E-state index in [4.69, 9.17) is 9.84 Å². The van der Waals surface area contributed by atoms with E-state index in [-0.39, 0.29) is 0 Å². The smallest absolute Gasteiger partial charge is 0.328 e. The predicted octanol–water partition coefficient (Wildman–Crippen LogP) is 3.14. The van der Waals surface area contributed by atoms with Crippen LogP contribution in [0.2, 0.25) is 0 Å². The van der Waals surface area contributed by atoms with E-state index in [0.717, 1.165) is 35.2 Å². The molecule has 1 aliphatic rings. The van der Waals surface area contributed by atoms with Crippen LogP contribution in [0.4, 0.5) is 5.69 Å². The lowest BCUT2D eigenvalue weighted by atomic mass is 10.1. The van der Waals surface area contributed by atoms with E-state index in [1.807, 2.05) is 48.5 Å². The number of carboxylic acids is 1. The normalized spacial score (nSPS) is 13.8. The molecule has 2 aromatic rings. The van der Waals surface area contributed by atoms with Crippen molar-refractivity contribution in [1.29, 1.82) is 0 Å². The molecule has 0 atom stereocenters. The summed E-state index contributed by atoms with van der Waals surface area (Å²) in [5.74, 6) is -0.0930. The van der Waals surface area contributed by atoms with E-state index in [0.29, 0.717) is 6.73 Å². The highest BCUT2D eigenvalue weighted by atomic mass is 16.5. The maximum atomic E-state index is 10.6. The number of hydrogen-bond donors (Lipinski definition) is 1. The summed E-state index contributed by atoms with van der Waals surface area (Å²) in [4.78, 5) is 12.7. The minimum Gasteiger partial charge on any atom is -0.478 e. The van der Waals surface area contributed by atoms with Crippen molar-refractivity contribution < 1.29 is 14.6 Å². The van der Waals surface area contributed by atoms with Crippen LogP contribution in [0.15, 0.2) is 54.6 Å². The van der Waals surface area contributed by atoms with Gasteiger partial charge in [0.2, 0.25) is 0 Å². The Kier molecular flexibility index (Phi) is 3.60. The first kappa shape index (κ1) is 13.2. The molecule has 0 amide bonds. The van der Waals surface area contributed by atoms with Crippen molar-refractivity contribution in [3.8, 4) is 5.75 Å². The van der Waals surface area contributed by atoms with Crippen molar-refractivity contribution in [3.05, 3.63) is 65.7 Å². The average molecular weight is 281 g/mol. The van der Waals surface area contributed by atoms with Crippen molar-refractivity contribution in [3.63, 3.8) is 0 Å². The Morgan fingerprint density at radius 3 is 2.76 bits per heavy atom. The van der Waals surface area contributed by atoms with Gasteiger partial charge in [-0.25, -0.2) is 4.79 Å². The number of para-hydroxylation sites is 1. The van der Waals surface area contributed by atoms with E-state index < -0.39 is 5.97 Å². The second-order valence-electron chi connectivity index (χ2n) is 4.85. The Bertz CT molecular complexity index is 680. The van der Waals surface area contributed by atoms with Gasteiger partial charge in [0, 0.05) is 23.9 Å². The highest BCUT2D eigenvalue weighted by molar-refractivity contribution is 5.85. The van der Waals surface area contributed by atoms with Crippen LogP contribution in [0.25, 0.3) is 6.08 Å². The van der Waals surface area contributed by atoms with Crippen molar-refractivity contribution >= 4 is 17.7 Å². The Balaban J connectivity index is 1.84. The standard InChI is InChI=1S/C17H15NO3/c19-17(20)9-7-13-6-8-16-14(10-13)11-18(12-21-16)15-4-2-1-3-5-15/h1-10H,11-12H2,(H,19,20)/b9-7+. The van der Waals surface area contributed by atoms with Gasteiger partial charge in [0.25, 0.3) is 0 Å². The molecule has 21 heavy (non-hydrogen) atoms. The van der Waals surface area contributed by atoms with Gasteiger partial charge < -0.3 is 14.7 Å². The zero-order valence-electron chi connectivity index (χ0n) is 11.4. The summed E-state index contributed by atoms with van der Waals surface area (Å²) in [5.41, 5.74) is 3.02. The molecule has 0 saturated carbocycles. The molecule has 2 aromatic carbocycles. The van der Waals surface area contributed by atoms with Crippen LogP contribution in [0.1, 0.15) is 11.1 Å². The molecule has 0 aromatic heterocycles. The molecule has 1 N–H and O–H groups in total. The van der Waals surface area contributed by atoms with Crippen molar-refractivity contribution in [2.45, 2.75) is 6.54 Å². The SMILES string of the molecule is O=C(O)/C=C/c1ccc2c(c1)CN(c1ccccc1)CO2. The molecule has 0 radical (unpaired) electrons. The summed E-state index contributed by atoms with van der Waals surface area (Å²) in [7, 11) is 0. The third kappa shape index (κ3) is 3.05. The second kappa shape index (κ2) is 5.71. The van der Waals surface area contributed by atoms with Gasteiger partial charge in [-0.3, -0.25) is 0 Å². The van der Waals surface area contributed by atoms with Crippen molar-refractivity contribution in [1.82, 2.24) is 0 Å². The maximum absolute atomic E-state index is 10.6. The van der Waals surface area contributed by atoms with E-state index >= 15 is 0 Å². The number of benzene rings is 2. The first-order valence-corrected chi connectivity index (χ1v) is 6.69. The third-order valence-corrected chi connectivity index (χ3v) is 3.36. The number of rotatable bonds is 3. The summed E-state index contributed by atoms with van der Waals surface area (Å²) in [6.07, 6.45) is 2.73. The largest absolute Gasteiger partial charge is 0.478 e. The first-order chi connectivity index (χ1) is 10.2. The maximum Gasteiger partial charge on any atom is 0.328 e. The number of ether oxygens (including phenoxy) is 1. The van der Waals surface area contributed by atoms with Gasteiger partial charge in [-0.15, -0.1) is 0 Å². The van der Waals surface area contributed by atoms with Crippen LogP contribution in [0.5, 0.6) is 5.75 Å². The van der Waals surface area contributed by atoms with E-state index in [2.05, 4.69) is 4.90 Å². The van der Waals surface area contributed by atoms with Crippen LogP contribution in [0.3, 0.4) is 0 Å². The summed E-state index contributed by atoms with van der Waals surface area (Å²) >= 11 is 0. The Morgan fingerprint density at radius 2 is 2.00 bits per heavy atom. The second-order valence-corrected chi connectivity index (χ2v) is 4.85. The van der Waals surface area contributed by atoms with Gasteiger partial charge in [-0.1, -0.05) is 24.3 Å². The van der Waals surface area contributed by atoms with Gasteiger partial charge in [0.15, 0.2) is 6.73 Å². The van der Waals surface area contributed by atoms with Crippen LogP contribution in [-0.2, 0) is 11.3 Å². The fraction of sp³-hybridized carbons (Fsp3) is 0.118. The van der Waals surface area contributed by atoms with Crippen LogP contribution in [-0.4, -0.2) is 17.8 Å². The van der Waals surface area contributed by atoms with E-state index in [1.54, 1.807) is 6.08 Å². The molecule has 0 bridgehead atoms. The topological polar surface area (TPSA) is 49.8 Å². The van der Waals surface area contributed by atoms with E-state index in [9.17, 15) is 4.79 Å². The molecule has 0 saturated heterocycles. The van der Waals surface area contributed by atoms with E-state index in [1.165, 1.54) is 0 Å². The third-order valence-electron chi connectivity index (χ3n) is 3.36. The zero-order chi connectivity index (χ0) is 14.7. The van der Waals surface area contributed by atoms with Gasteiger partial charge in [0.1, 0.15) is 5.75 Å². The lowest BCUT2D eigenvalue weighted by molar-refractivity contribution is -0.131. The monoisotopic (exact) mass is 281 g/mol. The fourth-order valence-corrected chi connectivity index (χ4v) is 2.34. The number of fused-ring (bicyclic) bond motifs is 1. The van der Waals surface area contributed by atoms with Gasteiger partial charge in [-0.2, -0.15) is 0 Å². The summed E-state index contributed by atoms with van der Waals surface area (Å²) < 4.78 is 5.76. The Morgan fingerprint density at radius 1 is 1.19 bits per heavy atom. The molecular weight excluding hydrogens is 266 g/mol. The highest BCUT2D eigenvalue weighted by Crippen LogP contribution is 2.29. The number of nitrogens with zero attached hydrogens (tertiary/aromatic N) is 1. The number of carboxylic acid groups (broad SMARTS) is 1. The number of hydrogen-bond acceptors (Lipinski definition) is 3. The summed E-state index contributed by atoms with van der Waals surface area (Å²) in [5, 5.41) is 8.68. The molecule has 0 fully saturated rings. The molecular formula is C17H15NO3. The van der Waals surface area contributed by atoms with Crippen LogP contribution < -0.4 is 9.64 Å². The quantitative estimate of drug-likeness (QED) is 0.878. The van der Waals surface area contributed by atoms with Crippen molar-refractivity contribution in [2.24, 2.45) is 0 Å². The lowest BCUT2D eigenvalue weighted by Crippen LogP contribution is -2.31. The van der Waals surface area contributed by atoms with Crippen molar-refractivity contribution in [2.75, 3.05) is 11.6 Å². The molecule has 1 heterocycles. The first-order valence-electron chi connectivity index (χ1n) is 6.69. The van der Waals surface area contributed by atoms with Gasteiger partial charge >= 0.3 is 5.97 Å². The predicted molar refractivity (Wildman–Crippen MR) is 81.2 cm³/mol. The number of carbonyl (C=O) groups is 1. The lowest BCUT2D eigenvalue weighted by Gasteiger charge is -2.30. The summed E-state index contributed by atoms with van der Waals surface area (Å²) in [6.45, 7) is 1.26. The fourth-order valence-electron chi connectivity index (χ4n) is 2.34. The van der Waals surface area contributed by atoms with Gasteiger partial charge in [0.05, 0.1) is 0 Å². The molecule has 0 unspecified atom stereocenters. The Hall–Kier alpha value is -2.75.